The normalized spacial score (nSPS) is 15.5. The van der Waals surface area contributed by atoms with Crippen LogP contribution in [0.2, 0.25) is 0 Å². The first kappa shape index (κ1) is 21.6. The molecule has 164 valence electrons. The van der Waals surface area contributed by atoms with Crippen molar-refractivity contribution in [3.8, 4) is 5.75 Å². The van der Waals surface area contributed by atoms with Crippen molar-refractivity contribution in [2.75, 3.05) is 32.7 Å². The van der Waals surface area contributed by atoms with Gasteiger partial charge in [-0.05, 0) is 29.8 Å². The van der Waals surface area contributed by atoms with Gasteiger partial charge in [0.2, 0.25) is 5.91 Å². The first-order chi connectivity index (χ1) is 15.0. The molecule has 3 aromatic rings. The average molecular weight is 447 g/mol. The van der Waals surface area contributed by atoms with Gasteiger partial charge in [0, 0.05) is 32.7 Å². The number of carbonyl (C=O) groups is 1. The summed E-state index contributed by atoms with van der Waals surface area (Å²) in [6.07, 6.45) is 0. The number of fused-ring (bicyclic) bond motifs is 1. The second kappa shape index (κ2) is 10.1. The van der Waals surface area contributed by atoms with E-state index < -0.39 is 6.61 Å². The van der Waals surface area contributed by atoms with Gasteiger partial charge >= 0.3 is 6.61 Å². The topological polar surface area (TPSA) is 57.7 Å². The lowest BCUT2D eigenvalue weighted by Gasteiger charge is -2.33. The van der Waals surface area contributed by atoms with Crippen molar-refractivity contribution < 1.29 is 18.3 Å². The number of carbonyl (C=O) groups excluding carboxylic acids is 1. The van der Waals surface area contributed by atoms with Crippen LogP contribution in [0.5, 0.6) is 5.75 Å². The Morgan fingerprint density at radius 3 is 2.48 bits per heavy atom. The molecule has 2 heterocycles. The highest BCUT2D eigenvalue weighted by Crippen LogP contribution is 2.23. The Morgan fingerprint density at radius 2 is 1.77 bits per heavy atom. The third-order valence-corrected chi connectivity index (χ3v) is 6.19. The standard InChI is InChI=1S/C22H24F2N4O2S/c23-22(24)30-17-7-5-16(6-8-17)13-25-20(29)14-27-9-11-28(12-10-27)15-21-26-18-3-1-2-4-19(18)31-21/h1-8,22H,9-15H2,(H,25,29). The minimum Gasteiger partial charge on any atom is -0.435 e. The van der Waals surface area contributed by atoms with Crippen LogP contribution in [-0.4, -0.2) is 60.0 Å². The van der Waals surface area contributed by atoms with Gasteiger partial charge in [0.1, 0.15) is 10.8 Å². The van der Waals surface area contributed by atoms with Crippen LogP contribution >= 0.6 is 11.3 Å². The second-order valence-electron chi connectivity index (χ2n) is 7.43. The number of halogens is 2. The van der Waals surface area contributed by atoms with Crippen LogP contribution in [0.4, 0.5) is 8.78 Å². The van der Waals surface area contributed by atoms with E-state index in [1.807, 2.05) is 18.2 Å². The molecule has 9 heteroatoms. The van der Waals surface area contributed by atoms with Gasteiger partial charge in [-0.15, -0.1) is 11.3 Å². The van der Waals surface area contributed by atoms with Crippen molar-refractivity contribution in [2.45, 2.75) is 19.7 Å². The number of hydrogen-bond acceptors (Lipinski definition) is 6. The number of alkyl halides is 2. The molecule has 1 aromatic heterocycles. The summed E-state index contributed by atoms with van der Waals surface area (Å²) in [7, 11) is 0. The van der Waals surface area contributed by atoms with Crippen LogP contribution < -0.4 is 10.1 Å². The van der Waals surface area contributed by atoms with E-state index in [4.69, 9.17) is 4.98 Å². The molecule has 1 amide bonds. The maximum atomic E-state index is 12.3. The third kappa shape index (κ3) is 6.19. The molecule has 4 rings (SSSR count). The Labute approximate surface area is 183 Å². The van der Waals surface area contributed by atoms with E-state index in [2.05, 4.69) is 25.9 Å². The molecule has 2 aromatic carbocycles. The van der Waals surface area contributed by atoms with Crippen molar-refractivity contribution in [1.82, 2.24) is 20.1 Å². The molecule has 0 saturated carbocycles. The number of piperazine rings is 1. The fraction of sp³-hybridized carbons (Fsp3) is 0.364. The van der Waals surface area contributed by atoms with Gasteiger partial charge in [0.25, 0.3) is 0 Å². The van der Waals surface area contributed by atoms with E-state index in [9.17, 15) is 13.6 Å². The number of para-hydroxylation sites is 1. The fourth-order valence-corrected chi connectivity index (χ4v) is 4.54. The van der Waals surface area contributed by atoms with Crippen molar-refractivity contribution in [3.63, 3.8) is 0 Å². The molecule has 1 aliphatic heterocycles. The van der Waals surface area contributed by atoms with Gasteiger partial charge in [0.15, 0.2) is 0 Å². The van der Waals surface area contributed by atoms with Crippen LogP contribution in [-0.2, 0) is 17.9 Å². The van der Waals surface area contributed by atoms with Crippen LogP contribution in [0, 0.1) is 0 Å². The zero-order valence-electron chi connectivity index (χ0n) is 17.0. The lowest BCUT2D eigenvalue weighted by atomic mass is 10.2. The van der Waals surface area contributed by atoms with Gasteiger partial charge in [0.05, 0.1) is 23.3 Å². The SMILES string of the molecule is O=C(CN1CCN(Cc2nc3ccccc3s2)CC1)NCc1ccc(OC(F)F)cc1. The summed E-state index contributed by atoms with van der Waals surface area (Å²) in [6, 6.07) is 14.4. The number of nitrogens with one attached hydrogen (secondary N) is 1. The molecule has 0 atom stereocenters. The van der Waals surface area contributed by atoms with E-state index in [1.54, 1.807) is 23.5 Å². The molecule has 0 aliphatic carbocycles. The molecule has 0 radical (unpaired) electrons. The van der Waals surface area contributed by atoms with E-state index in [-0.39, 0.29) is 11.7 Å². The van der Waals surface area contributed by atoms with Gasteiger partial charge < -0.3 is 10.1 Å². The Bertz CT molecular complexity index is 971. The largest absolute Gasteiger partial charge is 0.435 e. The van der Waals surface area contributed by atoms with E-state index >= 15 is 0 Å². The number of hydrogen-bond donors (Lipinski definition) is 1. The van der Waals surface area contributed by atoms with Gasteiger partial charge in [-0.25, -0.2) is 4.98 Å². The summed E-state index contributed by atoms with van der Waals surface area (Å²) in [5, 5.41) is 4.00. The predicted molar refractivity (Wildman–Crippen MR) is 116 cm³/mol. The minimum absolute atomic E-state index is 0.0486. The summed E-state index contributed by atoms with van der Waals surface area (Å²) >= 11 is 1.74. The smallest absolute Gasteiger partial charge is 0.387 e. The Balaban J connectivity index is 1.17. The molecule has 6 nitrogen and oxygen atoms in total. The zero-order valence-corrected chi connectivity index (χ0v) is 17.8. The fourth-order valence-electron chi connectivity index (χ4n) is 3.53. The van der Waals surface area contributed by atoms with Gasteiger partial charge in [-0.2, -0.15) is 8.78 Å². The Morgan fingerprint density at radius 1 is 1.06 bits per heavy atom. The lowest BCUT2D eigenvalue weighted by molar-refractivity contribution is -0.122. The van der Waals surface area contributed by atoms with Gasteiger partial charge in [-0.1, -0.05) is 24.3 Å². The first-order valence-electron chi connectivity index (χ1n) is 10.1. The Kier molecular flexibility index (Phi) is 7.06. The van der Waals surface area contributed by atoms with E-state index in [1.165, 1.54) is 16.8 Å². The van der Waals surface area contributed by atoms with Crippen molar-refractivity contribution in [3.05, 3.63) is 59.1 Å². The van der Waals surface area contributed by atoms with E-state index in [0.29, 0.717) is 13.1 Å². The number of nitrogens with zero attached hydrogens (tertiary/aromatic N) is 3. The van der Waals surface area contributed by atoms with Crippen LogP contribution in [0.15, 0.2) is 48.5 Å². The number of ether oxygens (including phenoxy) is 1. The Hall–Kier alpha value is -2.62. The summed E-state index contributed by atoms with van der Waals surface area (Å²) in [5.74, 6) is 0.0568. The second-order valence-corrected chi connectivity index (χ2v) is 8.54. The molecule has 1 N–H and O–H groups in total. The highest BCUT2D eigenvalue weighted by Gasteiger charge is 2.20. The third-order valence-electron chi connectivity index (χ3n) is 5.17. The van der Waals surface area contributed by atoms with E-state index in [0.717, 1.165) is 48.8 Å². The molecule has 0 bridgehead atoms. The highest BCUT2D eigenvalue weighted by atomic mass is 32.1. The van der Waals surface area contributed by atoms with Crippen molar-refractivity contribution >= 4 is 27.5 Å². The quantitative estimate of drug-likeness (QED) is 0.575. The maximum absolute atomic E-state index is 12.3. The van der Waals surface area contributed by atoms with Crippen molar-refractivity contribution in [2.24, 2.45) is 0 Å². The summed E-state index contributed by atoms with van der Waals surface area (Å²) in [6.45, 7) is 2.16. The number of rotatable bonds is 8. The number of aromatic nitrogens is 1. The summed E-state index contributed by atoms with van der Waals surface area (Å²) in [5.41, 5.74) is 1.88. The molecule has 1 aliphatic rings. The number of thiazole rings is 1. The molecule has 0 unspecified atom stereocenters. The van der Waals surface area contributed by atoms with Crippen LogP contribution in [0.25, 0.3) is 10.2 Å². The molecular weight excluding hydrogens is 422 g/mol. The molecule has 1 fully saturated rings. The maximum Gasteiger partial charge on any atom is 0.387 e. The zero-order chi connectivity index (χ0) is 21.6. The molecule has 31 heavy (non-hydrogen) atoms. The summed E-state index contributed by atoms with van der Waals surface area (Å²) < 4.78 is 29.9. The highest BCUT2D eigenvalue weighted by molar-refractivity contribution is 7.18. The average Bonchev–Trinajstić information content (AvgIpc) is 3.16. The molecule has 1 saturated heterocycles. The molecular formula is C22H24F2N4O2S. The van der Waals surface area contributed by atoms with Crippen LogP contribution in [0.3, 0.4) is 0 Å². The van der Waals surface area contributed by atoms with Crippen molar-refractivity contribution in [1.29, 1.82) is 0 Å². The molecule has 0 spiro atoms. The first-order valence-corrected chi connectivity index (χ1v) is 11.0. The number of benzene rings is 2. The monoisotopic (exact) mass is 446 g/mol. The van der Waals surface area contributed by atoms with Gasteiger partial charge in [-0.3, -0.25) is 14.6 Å². The minimum atomic E-state index is -2.84. The predicted octanol–water partition coefficient (Wildman–Crippen LogP) is 3.33. The summed E-state index contributed by atoms with van der Waals surface area (Å²) in [4.78, 5) is 21.5. The number of amides is 1. The van der Waals surface area contributed by atoms with Crippen LogP contribution in [0.1, 0.15) is 10.6 Å². The lowest BCUT2D eigenvalue weighted by Crippen LogP contribution is -2.49.